The Balaban J connectivity index is 1.94. The van der Waals surface area contributed by atoms with E-state index >= 15 is 0 Å². The van der Waals surface area contributed by atoms with Gasteiger partial charge in [0, 0.05) is 16.8 Å². The lowest BCUT2D eigenvalue weighted by Crippen LogP contribution is -2.37. The zero-order valence-corrected chi connectivity index (χ0v) is 17.8. The minimum absolute atomic E-state index is 0.143. The number of benzene rings is 3. The van der Waals surface area contributed by atoms with E-state index in [1.54, 1.807) is 0 Å². The van der Waals surface area contributed by atoms with Crippen LogP contribution in [0, 0.1) is 0 Å². The third kappa shape index (κ3) is 3.52. The van der Waals surface area contributed by atoms with E-state index in [9.17, 15) is 4.79 Å². The lowest BCUT2D eigenvalue weighted by Gasteiger charge is -2.38. The van der Waals surface area contributed by atoms with Crippen molar-refractivity contribution < 1.29 is 9.53 Å². The van der Waals surface area contributed by atoms with Crippen molar-refractivity contribution in [2.24, 2.45) is 0 Å². The fourth-order valence-corrected chi connectivity index (χ4v) is 4.31. The van der Waals surface area contributed by atoms with Crippen molar-refractivity contribution in [3.8, 4) is 0 Å². The lowest BCUT2D eigenvalue weighted by atomic mass is 9.88. The summed E-state index contributed by atoms with van der Waals surface area (Å²) in [5.41, 5.74) is 4.67. The Morgan fingerprint density at radius 1 is 0.933 bits per heavy atom. The van der Waals surface area contributed by atoms with Crippen molar-refractivity contribution in [2.75, 3.05) is 11.5 Å². The van der Waals surface area contributed by atoms with Crippen LogP contribution in [0.25, 0.3) is 16.3 Å². The van der Waals surface area contributed by atoms with E-state index < -0.39 is 0 Å². The summed E-state index contributed by atoms with van der Waals surface area (Å²) in [7, 11) is 0. The van der Waals surface area contributed by atoms with Crippen LogP contribution in [-0.4, -0.2) is 18.6 Å². The van der Waals surface area contributed by atoms with Crippen LogP contribution in [0.5, 0.6) is 0 Å². The molecule has 0 bridgehead atoms. The summed E-state index contributed by atoms with van der Waals surface area (Å²) in [4.78, 5) is 15.4. The molecule has 30 heavy (non-hydrogen) atoms. The Morgan fingerprint density at radius 3 is 2.37 bits per heavy atom. The molecule has 0 radical (unpaired) electrons. The standard InChI is InChI=1S/C27H27NO2/c1-4-22-18-24(21-12-7-6-8-13-21)26(27(29)30-5-2)19(3)28(22)25-17-11-15-20-14-9-10-16-23(20)25/h6-18,22H,4-5H2,1-3H3. The summed E-state index contributed by atoms with van der Waals surface area (Å²) >= 11 is 0. The summed E-state index contributed by atoms with van der Waals surface area (Å²) in [6.07, 6.45) is 3.14. The largest absolute Gasteiger partial charge is 0.462 e. The molecule has 4 rings (SSSR count). The van der Waals surface area contributed by atoms with Gasteiger partial charge in [0.15, 0.2) is 0 Å². The molecule has 0 spiro atoms. The lowest BCUT2D eigenvalue weighted by molar-refractivity contribution is -0.138. The van der Waals surface area contributed by atoms with Crippen molar-refractivity contribution in [1.29, 1.82) is 0 Å². The molecule has 3 aromatic carbocycles. The summed E-state index contributed by atoms with van der Waals surface area (Å²) in [5.74, 6) is -0.273. The van der Waals surface area contributed by atoms with Crippen molar-refractivity contribution in [1.82, 2.24) is 0 Å². The summed E-state index contributed by atoms with van der Waals surface area (Å²) in [6.45, 7) is 6.42. The molecule has 3 nitrogen and oxygen atoms in total. The number of carbonyl (C=O) groups excluding carboxylic acids is 1. The number of esters is 1. The van der Waals surface area contributed by atoms with E-state index in [4.69, 9.17) is 4.74 Å². The molecule has 3 aromatic rings. The van der Waals surface area contributed by atoms with Gasteiger partial charge in [-0.3, -0.25) is 0 Å². The highest BCUT2D eigenvalue weighted by Crippen LogP contribution is 2.40. The number of fused-ring (bicyclic) bond motifs is 1. The molecule has 0 fully saturated rings. The predicted octanol–water partition coefficient (Wildman–Crippen LogP) is 6.36. The number of hydrogen-bond donors (Lipinski definition) is 0. The number of ether oxygens (including phenoxy) is 1. The second-order valence-corrected chi connectivity index (χ2v) is 7.47. The minimum Gasteiger partial charge on any atom is -0.462 e. The molecule has 0 aromatic heterocycles. The first-order valence-electron chi connectivity index (χ1n) is 10.6. The van der Waals surface area contributed by atoms with Gasteiger partial charge in [-0.05, 0) is 42.9 Å². The highest BCUT2D eigenvalue weighted by Gasteiger charge is 2.32. The maximum atomic E-state index is 13.1. The fraction of sp³-hybridized carbons (Fsp3) is 0.222. The van der Waals surface area contributed by atoms with E-state index in [0.29, 0.717) is 12.2 Å². The van der Waals surface area contributed by atoms with Crippen molar-refractivity contribution in [3.63, 3.8) is 0 Å². The Hall–Kier alpha value is -3.33. The number of nitrogens with zero attached hydrogens (tertiary/aromatic N) is 1. The molecule has 3 heteroatoms. The summed E-state index contributed by atoms with van der Waals surface area (Å²) in [6, 6.07) is 25.0. The third-order valence-electron chi connectivity index (χ3n) is 5.69. The van der Waals surface area contributed by atoms with Gasteiger partial charge in [0.25, 0.3) is 0 Å². The Bertz CT molecular complexity index is 1120. The second-order valence-electron chi connectivity index (χ2n) is 7.47. The predicted molar refractivity (Wildman–Crippen MR) is 124 cm³/mol. The third-order valence-corrected chi connectivity index (χ3v) is 5.69. The van der Waals surface area contributed by atoms with Crippen LogP contribution in [-0.2, 0) is 9.53 Å². The van der Waals surface area contributed by atoms with Crippen LogP contribution in [0.1, 0.15) is 32.8 Å². The van der Waals surface area contributed by atoms with E-state index in [0.717, 1.165) is 28.9 Å². The zero-order valence-electron chi connectivity index (χ0n) is 17.8. The number of carbonyl (C=O) groups is 1. The van der Waals surface area contributed by atoms with Crippen molar-refractivity contribution in [2.45, 2.75) is 33.2 Å². The first-order chi connectivity index (χ1) is 14.7. The first kappa shape index (κ1) is 20.0. The fourth-order valence-electron chi connectivity index (χ4n) is 4.31. The molecule has 0 amide bonds. The molecule has 1 unspecified atom stereocenters. The average Bonchev–Trinajstić information content (AvgIpc) is 2.78. The maximum Gasteiger partial charge on any atom is 0.340 e. The number of rotatable bonds is 5. The SMILES string of the molecule is CCOC(=O)C1=C(C)N(c2cccc3ccccc23)C(CC)C=C1c1ccccc1. The maximum absolute atomic E-state index is 13.1. The Labute approximate surface area is 178 Å². The van der Waals surface area contributed by atoms with Gasteiger partial charge in [-0.1, -0.05) is 79.7 Å². The molecular weight excluding hydrogens is 370 g/mol. The topological polar surface area (TPSA) is 29.5 Å². The molecule has 0 saturated heterocycles. The van der Waals surface area contributed by atoms with Gasteiger partial charge in [-0.25, -0.2) is 4.79 Å². The van der Waals surface area contributed by atoms with E-state index in [2.05, 4.69) is 72.5 Å². The highest BCUT2D eigenvalue weighted by molar-refractivity contribution is 6.09. The molecule has 152 valence electrons. The van der Waals surface area contributed by atoms with Crippen LogP contribution in [0.15, 0.2) is 90.1 Å². The van der Waals surface area contributed by atoms with Gasteiger partial charge in [0.1, 0.15) is 0 Å². The van der Waals surface area contributed by atoms with Gasteiger partial charge in [-0.15, -0.1) is 0 Å². The molecule has 1 aliphatic heterocycles. The van der Waals surface area contributed by atoms with E-state index in [1.807, 2.05) is 32.0 Å². The molecule has 1 heterocycles. The van der Waals surface area contributed by atoms with Gasteiger partial charge in [-0.2, -0.15) is 0 Å². The number of anilines is 1. The molecule has 1 atom stereocenters. The van der Waals surface area contributed by atoms with Gasteiger partial charge >= 0.3 is 5.97 Å². The van der Waals surface area contributed by atoms with Crippen LogP contribution >= 0.6 is 0 Å². The minimum atomic E-state index is -0.273. The molecule has 0 saturated carbocycles. The van der Waals surface area contributed by atoms with Crippen LogP contribution in [0.4, 0.5) is 5.69 Å². The summed E-state index contributed by atoms with van der Waals surface area (Å²) in [5, 5.41) is 2.37. The van der Waals surface area contributed by atoms with Gasteiger partial charge < -0.3 is 9.64 Å². The Morgan fingerprint density at radius 2 is 1.63 bits per heavy atom. The monoisotopic (exact) mass is 397 g/mol. The normalized spacial score (nSPS) is 16.6. The van der Waals surface area contributed by atoms with Crippen LogP contribution < -0.4 is 4.90 Å². The van der Waals surface area contributed by atoms with Crippen LogP contribution in [0.2, 0.25) is 0 Å². The van der Waals surface area contributed by atoms with Crippen molar-refractivity contribution in [3.05, 3.63) is 95.7 Å². The average molecular weight is 398 g/mol. The zero-order chi connectivity index (χ0) is 21.1. The summed E-state index contributed by atoms with van der Waals surface area (Å²) < 4.78 is 5.48. The van der Waals surface area contributed by atoms with Crippen LogP contribution in [0.3, 0.4) is 0 Å². The highest BCUT2D eigenvalue weighted by atomic mass is 16.5. The molecule has 0 aliphatic carbocycles. The van der Waals surface area contributed by atoms with E-state index in [1.165, 1.54) is 10.8 Å². The molecular formula is C27H27NO2. The first-order valence-corrected chi connectivity index (χ1v) is 10.6. The number of hydrogen-bond acceptors (Lipinski definition) is 3. The number of allylic oxidation sites excluding steroid dienone is 1. The second kappa shape index (κ2) is 8.58. The quantitative estimate of drug-likeness (QED) is 0.469. The van der Waals surface area contributed by atoms with Crippen molar-refractivity contribution >= 4 is 28.0 Å². The van der Waals surface area contributed by atoms with E-state index in [-0.39, 0.29) is 12.0 Å². The molecule has 1 aliphatic rings. The smallest absolute Gasteiger partial charge is 0.340 e. The Kier molecular flexibility index (Phi) is 5.71. The van der Waals surface area contributed by atoms with Gasteiger partial charge in [0.2, 0.25) is 0 Å². The molecule has 0 N–H and O–H groups in total. The van der Waals surface area contributed by atoms with Gasteiger partial charge in [0.05, 0.1) is 18.2 Å².